The first kappa shape index (κ1) is 23.4. The Labute approximate surface area is 186 Å². The van der Waals surface area contributed by atoms with Gasteiger partial charge in [0.25, 0.3) is 0 Å². The predicted octanol–water partition coefficient (Wildman–Crippen LogP) is 2.74. The van der Waals surface area contributed by atoms with E-state index in [1.165, 1.54) is 15.6 Å². The number of aryl methyl sites for hydroxylation is 1. The third-order valence-electron chi connectivity index (χ3n) is 5.24. The van der Waals surface area contributed by atoms with Gasteiger partial charge in [0.15, 0.2) is 0 Å². The zero-order valence-electron chi connectivity index (χ0n) is 17.7. The fraction of sp³-hybridized carbons (Fsp3) is 0.476. The van der Waals surface area contributed by atoms with Gasteiger partial charge in [0, 0.05) is 24.2 Å². The van der Waals surface area contributed by atoms with E-state index < -0.39 is 10.0 Å². The molecule has 8 nitrogen and oxygen atoms in total. The Bertz CT molecular complexity index is 1030. The molecule has 31 heavy (non-hydrogen) atoms. The summed E-state index contributed by atoms with van der Waals surface area (Å²) in [5, 5.41) is 5.30. The van der Waals surface area contributed by atoms with Gasteiger partial charge in [0.05, 0.1) is 23.8 Å². The van der Waals surface area contributed by atoms with E-state index in [9.17, 15) is 18.0 Å². The fourth-order valence-electron chi connectivity index (χ4n) is 3.36. The van der Waals surface area contributed by atoms with E-state index in [2.05, 4.69) is 10.3 Å². The van der Waals surface area contributed by atoms with Gasteiger partial charge in [-0.1, -0.05) is 18.2 Å². The molecule has 1 aliphatic rings. The van der Waals surface area contributed by atoms with Gasteiger partial charge in [-0.25, -0.2) is 17.7 Å². The van der Waals surface area contributed by atoms with Crippen LogP contribution in [0.25, 0.3) is 0 Å². The molecule has 1 aliphatic heterocycles. The molecule has 0 spiro atoms. The molecule has 0 bridgehead atoms. The second kappa shape index (κ2) is 10.3. The topological polar surface area (TPSA) is 106 Å². The van der Waals surface area contributed by atoms with Crippen LogP contribution in [0.3, 0.4) is 0 Å². The van der Waals surface area contributed by atoms with Gasteiger partial charge >= 0.3 is 5.97 Å². The highest BCUT2D eigenvalue weighted by Crippen LogP contribution is 2.22. The highest BCUT2D eigenvalue weighted by molar-refractivity contribution is 7.89. The number of nitrogens with zero attached hydrogens (tertiary/aromatic N) is 2. The minimum Gasteiger partial charge on any atom is -0.459 e. The summed E-state index contributed by atoms with van der Waals surface area (Å²) in [7, 11) is -3.22. The van der Waals surface area contributed by atoms with Crippen LogP contribution in [-0.2, 0) is 37.4 Å². The summed E-state index contributed by atoms with van der Waals surface area (Å²) in [6.07, 6.45) is 1.07. The van der Waals surface area contributed by atoms with Crippen LogP contribution < -0.4 is 5.32 Å². The Kier molecular flexibility index (Phi) is 7.79. The van der Waals surface area contributed by atoms with E-state index >= 15 is 0 Å². The lowest BCUT2D eigenvalue weighted by molar-refractivity contribution is -0.151. The van der Waals surface area contributed by atoms with Gasteiger partial charge in [-0.05, 0) is 38.3 Å². The van der Waals surface area contributed by atoms with Crippen LogP contribution in [0.15, 0.2) is 29.6 Å². The minimum atomic E-state index is -3.22. The molecule has 0 atom stereocenters. The zero-order valence-corrected chi connectivity index (χ0v) is 19.3. The van der Waals surface area contributed by atoms with Crippen molar-refractivity contribution in [2.75, 3.05) is 24.2 Å². The average Bonchev–Trinajstić information content (AvgIpc) is 3.21. The first-order chi connectivity index (χ1) is 14.8. The molecule has 1 amide bonds. The summed E-state index contributed by atoms with van der Waals surface area (Å²) in [5.41, 5.74) is 2.36. The maximum Gasteiger partial charge on any atom is 0.309 e. The SMILES string of the molecule is CCS(=O)(=O)N1CCC(C(=O)OCc2csc(CC(=O)Nc3ccccc3C)n2)CC1. The Hall–Kier alpha value is -2.30. The number of hydrogen-bond acceptors (Lipinski definition) is 7. The number of nitrogens with one attached hydrogen (secondary N) is 1. The number of esters is 1. The standard InChI is InChI=1S/C21H27N3O5S2/c1-3-31(27,28)24-10-8-16(9-11-24)21(26)29-13-17-14-30-20(22-17)12-19(25)23-18-7-5-4-6-15(18)2/h4-7,14,16H,3,8-13H2,1-2H3,(H,23,25). The molecular weight excluding hydrogens is 438 g/mol. The van der Waals surface area contributed by atoms with Crippen LogP contribution in [0.5, 0.6) is 0 Å². The molecule has 0 unspecified atom stereocenters. The first-order valence-electron chi connectivity index (χ1n) is 10.2. The van der Waals surface area contributed by atoms with Crippen molar-refractivity contribution >= 4 is 38.9 Å². The van der Waals surface area contributed by atoms with Gasteiger partial charge in [-0.2, -0.15) is 0 Å². The summed E-state index contributed by atoms with van der Waals surface area (Å²) in [5.74, 6) is -0.722. The highest BCUT2D eigenvalue weighted by Gasteiger charge is 2.31. The van der Waals surface area contributed by atoms with E-state index in [4.69, 9.17) is 4.74 Å². The second-order valence-electron chi connectivity index (χ2n) is 7.45. The molecule has 1 aromatic heterocycles. The largest absolute Gasteiger partial charge is 0.459 e. The van der Waals surface area contributed by atoms with Crippen molar-refractivity contribution in [3.05, 3.63) is 45.9 Å². The Morgan fingerprint density at radius 1 is 1.26 bits per heavy atom. The summed E-state index contributed by atoms with van der Waals surface area (Å²) in [4.78, 5) is 29.0. The maximum absolute atomic E-state index is 12.3. The van der Waals surface area contributed by atoms with Crippen molar-refractivity contribution in [2.45, 2.75) is 39.7 Å². The van der Waals surface area contributed by atoms with E-state index in [1.807, 2.05) is 31.2 Å². The minimum absolute atomic E-state index is 0.0439. The molecule has 0 aliphatic carbocycles. The van der Waals surface area contributed by atoms with E-state index in [1.54, 1.807) is 12.3 Å². The van der Waals surface area contributed by atoms with Gasteiger partial charge in [0.1, 0.15) is 11.6 Å². The van der Waals surface area contributed by atoms with Gasteiger partial charge in [-0.3, -0.25) is 9.59 Å². The summed E-state index contributed by atoms with van der Waals surface area (Å²) < 4.78 is 30.6. The molecule has 1 N–H and O–H groups in total. The number of hydrogen-bond donors (Lipinski definition) is 1. The van der Waals surface area contributed by atoms with Crippen molar-refractivity contribution in [1.29, 1.82) is 0 Å². The molecule has 0 saturated carbocycles. The highest BCUT2D eigenvalue weighted by atomic mass is 32.2. The monoisotopic (exact) mass is 465 g/mol. The number of para-hydroxylation sites is 1. The number of benzene rings is 1. The third-order valence-corrected chi connectivity index (χ3v) is 8.02. The van der Waals surface area contributed by atoms with Gasteiger partial charge < -0.3 is 10.1 Å². The number of anilines is 1. The number of carbonyl (C=O) groups excluding carboxylic acids is 2. The molecule has 10 heteroatoms. The van der Waals surface area contributed by atoms with E-state index in [0.29, 0.717) is 36.6 Å². The lowest BCUT2D eigenvalue weighted by atomic mass is 9.98. The zero-order chi connectivity index (χ0) is 22.4. The van der Waals surface area contributed by atoms with Crippen LogP contribution in [0.2, 0.25) is 0 Å². The van der Waals surface area contributed by atoms with Crippen molar-refractivity contribution in [1.82, 2.24) is 9.29 Å². The Morgan fingerprint density at radius 2 is 1.97 bits per heavy atom. The summed E-state index contributed by atoms with van der Waals surface area (Å²) in [6, 6.07) is 7.56. The molecule has 2 heterocycles. The maximum atomic E-state index is 12.3. The number of piperidine rings is 1. The number of amides is 1. The quantitative estimate of drug-likeness (QED) is 0.601. The van der Waals surface area contributed by atoms with Gasteiger partial charge in [0.2, 0.25) is 15.9 Å². The van der Waals surface area contributed by atoms with Crippen LogP contribution in [0.1, 0.15) is 36.0 Å². The fourth-order valence-corrected chi connectivity index (χ4v) is 5.27. The van der Waals surface area contributed by atoms with Crippen molar-refractivity contribution in [3.8, 4) is 0 Å². The molecule has 1 fully saturated rings. The molecule has 0 radical (unpaired) electrons. The average molecular weight is 466 g/mol. The van der Waals surface area contributed by atoms with Crippen LogP contribution in [0.4, 0.5) is 5.69 Å². The Morgan fingerprint density at radius 3 is 2.65 bits per heavy atom. The lowest BCUT2D eigenvalue weighted by Crippen LogP contribution is -2.41. The molecule has 2 aromatic rings. The van der Waals surface area contributed by atoms with Crippen LogP contribution >= 0.6 is 11.3 Å². The van der Waals surface area contributed by atoms with E-state index in [-0.39, 0.29) is 36.6 Å². The second-order valence-corrected chi connectivity index (χ2v) is 10.7. The molecule has 1 aromatic carbocycles. The van der Waals surface area contributed by atoms with Crippen molar-refractivity contribution in [2.24, 2.45) is 5.92 Å². The van der Waals surface area contributed by atoms with Crippen molar-refractivity contribution in [3.63, 3.8) is 0 Å². The number of thiazole rings is 1. The smallest absolute Gasteiger partial charge is 0.309 e. The summed E-state index contributed by atoms with van der Waals surface area (Å²) in [6.45, 7) is 4.27. The van der Waals surface area contributed by atoms with Gasteiger partial charge in [-0.15, -0.1) is 11.3 Å². The number of carbonyl (C=O) groups is 2. The Balaban J connectivity index is 1.44. The normalized spacial score (nSPS) is 15.5. The number of sulfonamides is 1. The first-order valence-corrected chi connectivity index (χ1v) is 12.7. The summed E-state index contributed by atoms with van der Waals surface area (Å²) >= 11 is 1.35. The third kappa shape index (κ3) is 6.34. The molecule has 1 saturated heterocycles. The number of aromatic nitrogens is 1. The van der Waals surface area contributed by atoms with Crippen LogP contribution in [0, 0.1) is 12.8 Å². The number of ether oxygens (including phenoxy) is 1. The number of rotatable bonds is 8. The predicted molar refractivity (Wildman–Crippen MR) is 119 cm³/mol. The van der Waals surface area contributed by atoms with E-state index in [0.717, 1.165) is 11.3 Å². The lowest BCUT2D eigenvalue weighted by Gasteiger charge is -2.29. The molecular formula is C21H27N3O5S2. The van der Waals surface area contributed by atoms with Crippen molar-refractivity contribution < 1.29 is 22.7 Å². The van der Waals surface area contributed by atoms with Crippen LogP contribution in [-0.4, -0.2) is 48.4 Å². The molecule has 3 rings (SSSR count). The molecule has 168 valence electrons.